The van der Waals surface area contributed by atoms with E-state index in [0.717, 1.165) is 32.1 Å². The molecule has 0 spiro atoms. The number of nitriles is 1. The van der Waals surface area contributed by atoms with E-state index in [2.05, 4.69) is 6.07 Å². The van der Waals surface area contributed by atoms with Crippen molar-refractivity contribution < 1.29 is 5.11 Å². The van der Waals surface area contributed by atoms with Gasteiger partial charge in [0.05, 0.1) is 6.07 Å². The van der Waals surface area contributed by atoms with Crippen molar-refractivity contribution in [3.63, 3.8) is 0 Å². The minimum atomic E-state index is 0.296. The highest BCUT2D eigenvalue weighted by Crippen LogP contribution is 2.29. The summed E-state index contributed by atoms with van der Waals surface area (Å²) in [6.45, 7) is 0.307. The molecule has 1 fully saturated rings. The maximum Gasteiger partial charge on any atom is 0.0655 e. The first kappa shape index (κ1) is 8.55. The first-order chi connectivity index (χ1) is 5.36. The fourth-order valence-corrected chi connectivity index (χ4v) is 1.76. The third-order valence-corrected chi connectivity index (χ3v) is 2.57. The highest BCUT2D eigenvalue weighted by molar-refractivity contribution is 4.86. The van der Waals surface area contributed by atoms with Gasteiger partial charge in [-0.1, -0.05) is 0 Å². The molecule has 2 heteroatoms. The van der Waals surface area contributed by atoms with Gasteiger partial charge < -0.3 is 5.11 Å². The van der Waals surface area contributed by atoms with Crippen LogP contribution in [0.3, 0.4) is 0 Å². The average molecular weight is 153 g/mol. The van der Waals surface area contributed by atoms with Crippen LogP contribution in [-0.4, -0.2) is 11.7 Å². The van der Waals surface area contributed by atoms with Crippen LogP contribution in [0.1, 0.15) is 32.1 Å². The van der Waals surface area contributed by atoms with E-state index in [-0.39, 0.29) is 0 Å². The third-order valence-electron chi connectivity index (χ3n) is 2.57. The molecule has 0 amide bonds. The lowest BCUT2D eigenvalue weighted by molar-refractivity contribution is 0.219. The molecule has 2 nitrogen and oxygen atoms in total. The van der Waals surface area contributed by atoms with Gasteiger partial charge in [0.2, 0.25) is 0 Å². The van der Waals surface area contributed by atoms with Crippen molar-refractivity contribution in [2.75, 3.05) is 6.61 Å². The van der Waals surface area contributed by atoms with Crippen LogP contribution in [0.2, 0.25) is 0 Å². The molecule has 0 aromatic carbocycles. The number of aliphatic hydroxyl groups is 1. The van der Waals surface area contributed by atoms with Crippen LogP contribution in [0.25, 0.3) is 0 Å². The second kappa shape index (κ2) is 4.35. The number of aliphatic hydroxyl groups excluding tert-OH is 1. The van der Waals surface area contributed by atoms with Crippen LogP contribution >= 0.6 is 0 Å². The maximum atomic E-state index is 8.68. The summed E-state index contributed by atoms with van der Waals surface area (Å²) in [5, 5.41) is 17.3. The molecule has 0 unspecified atom stereocenters. The molecule has 0 saturated heterocycles. The predicted octanol–water partition coefficient (Wildman–Crippen LogP) is 1.70. The van der Waals surface area contributed by atoms with Crippen LogP contribution in [0.4, 0.5) is 0 Å². The lowest BCUT2D eigenvalue weighted by Gasteiger charge is -2.23. The largest absolute Gasteiger partial charge is 0.396 e. The summed E-state index contributed by atoms with van der Waals surface area (Å²) in [4.78, 5) is 0. The summed E-state index contributed by atoms with van der Waals surface area (Å²) in [6, 6.07) is 2.30. The van der Waals surface area contributed by atoms with Crippen molar-refractivity contribution in [1.29, 1.82) is 5.26 Å². The second-order valence-corrected chi connectivity index (χ2v) is 3.36. The Labute approximate surface area is 67.8 Å². The van der Waals surface area contributed by atoms with Crippen LogP contribution < -0.4 is 0 Å². The molecule has 0 bridgehead atoms. The Balaban J connectivity index is 2.20. The fraction of sp³-hybridized carbons (Fsp3) is 0.889. The number of hydrogen-bond acceptors (Lipinski definition) is 2. The van der Waals surface area contributed by atoms with Gasteiger partial charge in [-0.25, -0.2) is 0 Å². The van der Waals surface area contributed by atoms with Gasteiger partial charge in [0.15, 0.2) is 0 Å². The maximum absolute atomic E-state index is 8.68. The van der Waals surface area contributed by atoms with E-state index in [9.17, 15) is 0 Å². The monoisotopic (exact) mass is 153 g/mol. The van der Waals surface area contributed by atoms with Gasteiger partial charge in [0, 0.05) is 12.5 Å². The molecule has 11 heavy (non-hydrogen) atoms. The van der Waals surface area contributed by atoms with Crippen LogP contribution in [-0.2, 0) is 0 Å². The minimum absolute atomic E-state index is 0.296. The molecular formula is C9H15NO. The van der Waals surface area contributed by atoms with Gasteiger partial charge in [-0.3, -0.25) is 0 Å². The van der Waals surface area contributed by atoms with Crippen LogP contribution in [0.5, 0.6) is 0 Å². The van der Waals surface area contributed by atoms with Crippen LogP contribution in [0, 0.1) is 23.2 Å². The van der Waals surface area contributed by atoms with E-state index in [1.165, 1.54) is 0 Å². The van der Waals surface area contributed by atoms with E-state index < -0.39 is 0 Å². The Kier molecular flexibility index (Phi) is 3.38. The molecule has 1 rings (SSSR count). The van der Waals surface area contributed by atoms with E-state index in [0.29, 0.717) is 18.4 Å². The van der Waals surface area contributed by atoms with Gasteiger partial charge in [-0.15, -0.1) is 0 Å². The van der Waals surface area contributed by atoms with Crippen LogP contribution in [0.15, 0.2) is 0 Å². The molecule has 0 atom stereocenters. The fourth-order valence-electron chi connectivity index (χ4n) is 1.76. The summed E-state index contributed by atoms with van der Waals surface area (Å²) in [6.07, 6.45) is 5.29. The number of hydrogen-bond donors (Lipinski definition) is 1. The number of nitrogens with zero attached hydrogens (tertiary/aromatic N) is 1. The topological polar surface area (TPSA) is 44.0 Å². The Bertz CT molecular complexity index is 142. The van der Waals surface area contributed by atoms with E-state index in [4.69, 9.17) is 10.4 Å². The summed E-state index contributed by atoms with van der Waals surface area (Å²) < 4.78 is 0. The normalized spacial score (nSPS) is 31.3. The summed E-state index contributed by atoms with van der Waals surface area (Å²) in [7, 11) is 0. The molecule has 0 radical (unpaired) electrons. The van der Waals surface area contributed by atoms with Crippen molar-refractivity contribution in [1.82, 2.24) is 0 Å². The van der Waals surface area contributed by atoms with Crippen molar-refractivity contribution in [3.05, 3.63) is 0 Å². The highest BCUT2D eigenvalue weighted by Gasteiger charge is 2.19. The molecule has 1 aliphatic rings. The third kappa shape index (κ3) is 2.51. The van der Waals surface area contributed by atoms with Crippen molar-refractivity contribution >= 4 is 0 Å². The predicted molar refractivity (Wildman–Crippen MR) is 42.8 cm³/mol. The van der Waals surface area contributed by atoms with Crippen molar-refractivity contribution in [3.8, 4) is 6.07 Å². The molecule has 0 aromatic rings. The lowest BCUT2D eigenvalue weighted by Crippen LogP contribution is -2.14. The van der Waals surface area contributed by atoms with E-state index >= 15 is 0 Å². The zero-order valence-corrected chi connectivity index (χ0v) is 6.79. The van der Waals surface area contributed by atoms with Gasteiger partial charge in [-0.05, 0) is 38.0 Å². The molecule has 62 valence electrons. The molecule has 1 saturated carbocycles. The summed E-state index contributed by atoms with van der Waals surface area (Å²) in [5.74, 6) is 0.981. The zero-order valence-electron chi connectivity index (χ0n) is 6.79. The quantitative estimate of drug-likeness (QED) is 0.656. The first-order valence-corrected chi connectivity index (χ1v) is 4.37. The standard InChI is InChI=1S/C9H15NO/c10-7-9-3-1-8(2-4-9)5-6-11/h8-9,11H,1-6H2. The molecule has 0 heterocycles. The lowest BCUT2D eigenvalue weighted by atomic mass is 9.81. The molecule has 0 aromatic heterocycles. The Hall–Kier alpha value is -0.550. The van der Waals surface area contributed by atoms with Gasteiger partial charge in [-0.2, -0.15) is 5.26 Å². The molecular weight excluding hydrogens is 138 g/mol. The van der Waals surface area contributed by atoms with Gasteiger partial charge >= 0.3 is 0 Å². The van der Waals surface area contributed by atoms with E-state index in [1.807, 2.05) is 0 Å². The van der Waals surface area contributed by atoms with Gasteiger partial charge in [0.1, 0.15) is 0 Å². The Morgan fingerprint density at radius 3 is 2.36 bits per heavy atom. The second-order valence-electron chi connectivity index (χ2n) is 3.36. The molecule has 0 aliphatic heterocycles. The molecule has 1 aliphatic carbocycles. The zero-order chi connectivity index (χ0) is 8.10. The summed E-state index contributed by atoms with van der Waals surface area (Å²) >= 11 is 0. The van der Waals surface area contributed by atoms with Crippen molar-refractivity contribution in [2.24, 2.45) is 11.8 Å². The highest BCUT2D eigenvalue weighted by atomic mass is 16.3. The van der Waals surface area contributed by atoms with Gasteiger partial charge in [0.25, 0.3) is 0 Å². The van der Waals surface area contributed by atoms with Crippen molar-refractivity contribution in [2.45, 2.75) is 32.1 Å². The minimum Gasteiger partial charge on any atom is -0.396 e. The average Bonchev–Trinajstić information content (AvgIpc) is 2.07. The smallest absolute Gasteiger partial charge is 0.0655 e. The SMILES string of the molecule is N#CC1CCC(CCO)CC1. The first-order valence-electron chi connectivity index (χ1n) is 4.37. The molecule has 1 N–H and O–H groups in total. The number of rotatable bonds is 2. The van der Waals surface area contributed by atoms with E-state index in [1.54, 1.807) is 0 Å². The Morgan fingerprint density at radius 1 is 1.27 bits per heavy atom. The Morgan fingerprint density at radius 2 is 1.91 bits per heavy atom. The summed E-state index contributed by atoms with van der Waals surface area (Å²) in [5.41, 5.74) is 0.